The zero-order valence-corrected chi connectivity index (χ0v) is 54.6. The van der Waals surface area contributed by atoms with Gasteiger partial charge in [0.05, 0.1) is 11.9 Å². The Labute approximate surface area is 533 Å². The second-order valence-corrected chi connectivity index (χ2v) is 25.1. The number of oxazole rings is 1. The van der Waals surface area contributed by atoms with Gasteiger partial charge in [-0.05, 0) is 175 Å². The number of nitrogens with two attached hydrogens (primary N) is 2. The summed E-state index contributed by atoms with van der Waals surface area (Å²) in [6, 6.07) is 34.5. The van der Waals surface area contributed by atoms with Crippen molar-refractivity contribution >= 4 is 50.5 Å². The van der Waals surface area contributed by atoms with E-state index in [1.165, 1.54) is 25.9 Å². The minimum absolute atomic E-state index is 0.0280. The molecule has 7 aromatic heterocycles. The van der Waals surface area contributed by atoms with Gasteiger partial charge in [0.25, 0.3) is 0 Å². The lowest BCUT2D eigenvalue weighted by Crippen LogP contribution is -2.51. The second kappa shape index (κ2) is 32.3. The highest BCUT2D eigenvalue weighted by atomic mass is 79.9. The molecule has 0 aliphatic carbocycles. The topological polar surface area (TPSA) is 246 Å². The van der Waals surface area contributed by atoms with Crippen molar-refractivity contribution in [2.45, 2.75) is 26.3 Å². The molecule has 0 atom stereocenters. The molecule has 0 radical (unpaired) electrons. The van der Waals surface area contributed by atoms with Gasteiger partial charge in [0.2, 0.25) is 5.89 Å². The van der Waals surface area contributed by atoms with Gasteiger partial charge in [0.15, 0.2) is 5.78 Å². The number of Topliss-reactive ketones (excluding diaryl/α,β-unsaturated/α-hetero) is 1. The van der Waals surface area contributed by atoms with Crippen LogP contribution in [0.1, 0.15) is 45.2 Å². The second-order valence-electron chi connectivity index (χ2n) is 24.3. The van der Waals surface area contributed by atoms with E-state index in [4.69, 9.17) is 31.4 Å². The van der Waals surface area contributed by atoms with E-state index in [1.54, 1.807) is 36.5 Å². The molecule has 5 N–H and O–H groups in total. The van der Waals surface area contributed by atoms with E-state index in [-0.39, 0.29) is 5.78 Å². The minimum atomic E-state index is -0.0280. The maximum Gasteiger partial charge on any atom is 0.226 e. The average molecular weight is 1270 g/mol. The largest absolute Gasteiger partial charge is 0.445 e. The molecule has 11 heterocycles. The van der Waals surface area contributed by atoms with Crippen molar-refractivity contribution in [1.29, 1.82) is 10.5 Å². The van der Waals surface area contributed by atoms with Gasteiger partial charge in [-0.1, -0.05) is 24.3 Å². The standard InChI is InChI=1S/C31H33N7O2.C12H20N4.C12H16N4.C6H3BrN2.C6H14N2/c1-20-15-34-29-10-7-22(19-38(20)29)24-13-26(27(32)14-25(24)31-33-11-12-40-31)28(39)9-8-23-5-4-6-30(35-23)37-17-21(18-37)16-36(2)3;2*1-15(2)7-10-8-16(9-10)12-5-3-4-11(6-13)14-12;7-6-3-1-2-5(4-8)9-6;1-8(2)5-6-3-7-4-6/h4-7,10-15,19,21H,8-9,16-18,32H2,1-3H3;3-5,10H,6-9,13H2,1-2H3;3-5,10H,7-9H2,1-2H3;1-3H;6-7H,3-5H2,1-2H3. The lowest BCUT2D eigenvalue weighted by atomic mass is 9.93. The third-order valence-corrected chi connectivity index (χ3v) is 15.9. The molecule has 21 nitrogen and oxygen atoms in total. The number of pyridine rings is 5. The van der Waals surface area contributed by atoms with E-state index in [0.717, 1.165) is 134 Å². The zero-order valence-electron chi connectivity index (χ0n) is 53.0. The number of benzene rings is 1. The number of imidazole rings is 1. The Bertz CT molecular complexity index is 3630. The monoisotopic (exact) mass is 1270 g/mol. The summed E-state index contributed by atoms with van der Waals surface area (Å²) in [5.74, 6) is 6.47. The fourth-order valence-corrected chi connectivity index (χ4v) is 11.4. The average Bonchev–Trinajstić information content (AvgIpc) is 1.96. The van der Waals surface area contributed by atoms with Crippen LogP contribution >= 0.6 is 15.9 Å². The van der Waals surface area contributed by atoms with E-state index in [9.17, 15) is 4.79 Å². The van der Waals surface area contributed by atoms with Crippen LogP contribution in [0.5, 0.6) is 0 Å². The Balaban J connectivity index is 0.000000170. The Hall–Kier alpha value is -8.19. The molecule has 0 unspecified atom stereocenters. The molecule has 4 saturated heterocycles. The number of nitrogen functional groups attached to an aromatic ring is 1. The number of aromatic nitrogens is 7. The maximum atomic E-state index is 13.5. The SMILES string of the molecule is CN(C)CC1CN(c2cccc(C#N)n2)C1.CN(C)CC1CN(c2cccc(CN)n2)C1.CN(C)CC1CNC1.Cc1cnc2ccc(-c3cc(C(=O)CCc4cccc(N5CC(CN(C)C)C5)n4)c(N)cc3-c3ncco3)cn12.N#Cc1cccc(Br)n1. The molecule has 8 aromatic rings. The van der Waals surface area contributed by atoms with E-state index < -0.39 is 0 Å². The van der Waals surface area contributed by atoms with E-state index >= 15 is 0 Å². The van der Waals surface area contributed by atoms with Crippen molar-refractivity contribution in [3.8, 4) is 34.7 Å². The van der Waals surface area contributed by atoms with Crippen molar-refractivity contribution in [3.63, 3.8) is 0 Å². The van der Waals surface area contributed by atoms with Gasteiger partial charge in [-0.15, -0.1) is 0 Å². The number of nitrogens with zero attached hydrogens (tertiary/aromatic N) is 16. The van der Waals surface area contributed by atoms with Crippen molar-refractivity contribution in [2.75, 3.05) is 155 Å². The highest BCUT2D eigenvalue weighted by Crippen LogP contribution is 2.36. The lowest BCUT2D eigenvalue weighted by molar-refractivity contribution is 0.0983. The fourth-order valence-electron chi connectivity index (χ4n) is 11.1. The van der Waals surface area contributed by atoms with E-state index in [1.807, 2.05) is 90.5 Å². The van der Waals surface area contributed by atoms with Gasteiger partial charge < -0.3 is 59.9 Å². The molecule has 4 aliphatic heterocycles. The Kier molecular flexibility index (Phi) is 24.3. The number of hydrogen-bond acceptors (Lipinski definition) is 20. The van der Waals surface area contributed by atoms with Gasteiger partial charge in [-0.3, -0.25) is 4.79 Å². The summed E-state index contributed by atoms with van der Waals surface area (Å²) < 4.78 is 8.34. The number of rotatable bonds is 18. The first kappa shape index (κ1) is 66.8. The normalized spacial score (nSPS) is 14.8. The molecule has 22 heteroatoms. The predicted molar refractivity (Wildman–Crippen MR) is 358 cm³/mol. The number of carbonyl (C=O) groups excluding carboxylic acids is 1. The van der Waals surface area contributed by atoms with Gasteiger partial charge in [-0.25, -0.2) is 29.9 Å². The summed E-state index contributed by atoms with van der Waals surface area (Å²) in [6.07, 6.45) is 7.82. The fraction of sp³-hybridized carbons (Fsp3) is 0.418. The number of nitrogens with one attached hydrogen (secondary N) is 1. The highest BCUT2D eigenvalue weighted by molar-refractivity contribution is 9.10. The number of aryl methyl sites for hydroxylation is 2. The number of halogens is 1. The van der Waals surface area contributed by atoms with E-state index in [2.05, 4.69) is 149 Å². The van der Waals surface area contributed by atoms with Crippen molar-refractivity contribution in [2.24, 2.45) is 29.4 Å². The van der Waals surface area contributed by atoms with Gasteiger partial charge in [0.1, 0.15) is 57.5 Å². The number of nitriles is 2. The predicted octanol–water partition coefficient (Wildman–Crippen LogP) is 7.73. The third kappa shape index (κ3) is 19.4. The van der Waals surface area contributed by atoms with Crippen LogP contribution in [-0.4, -0.2) is 195 Å². The summed E-state index contributed by atoms with van der Waals surface area (Å²) in [4.78, 5) is 55.5. The van der Waals surface area contributed by atoms with Crippen LogP contribution in [-0.2, 0) is 13.0 Å². The zero-order chi connectivity index (χ0) is 63.6. The number of hydrogen-bond donors (Lipinski definition) is 3. The molecule has 4 fully saturated rings. The summed E-state index contributed by atoms with van der Waals surface area (Å²) in [7, 11) is 16.9. The molecule has 0 spiro atoms. The van der Waals surface area contributed by atoms with Crippen LogP contribution in [0.2, 0.25) is 0 Å². The van der Waals surface area contributed by atoms with Gasteiger partial charge >= 0.3 is 0 Å². The third-order valence-electron chi connectivity index (χ3n) is 15.4. The molecule has 12 rings (SSSR count). The molecule has 0 saturated carbocycles. The quantitative estimate of drug-likeness (QED) is 0.0422. The summed E-state index contributed by atoms with van der Waals surface area (Å²) in [6.45, 7) is 15.9. The van der Waals surface area contributed by atoms with Crippen LogP contribution in [0.4, 0.5) is 23.1 Å². The molecule has 0 bridgehead atoms. The summed E-state index contributed by atoms with van der Waals surface area (Å²) in [5, 5.41) is 20.3. The van der Waals surface area contributed by atoms with Crippen LogP contribution in [0.15, 0.2) is 131 Å². The van der Waals surface area contributed by atoms with E-state index in [0.29, 0.717) is 58.4 Å². The van der Waals surface area contributed by atoms with Crippen molar-refractivity contribution in [1.82, 2.24) is 59.2 Å². The maximum absolute atomic E-state index is 13.5. The van der Waals surface area contributed by atoms with Crippen LogP contribution in [0, 0.1) is 53.3 Å². The highest BCUT2D eigenvalue weighted by Gasteiger charge is 2.30. The van der Waals surface area contributed by atoms with Crippen molar-refractivity contribution in [3.05, 3.63) is 161 Å². The number of fused-ring (bicyclic) bond motifs is 1. The first-order chi connectivity index (χ1) is 42.8. The number of carbonyl (C=O) groups is 1. The first-order valence-electron chi connectivity index (χ1n) is 30.2. The molecule has 89 heavy (non-hydrogen) atoms. The number of ketones is 1. The Morgan fingerprint density at radius 1 is 0.652 bits per heavy atom. The van der Waals surface area contributed by atoms with Crippen LogP contribution < -0.4 is 31.5 Å². The van der Waals surface area contributed by atoms with Crippen LogP contribution in [0.25, 0.3) is 28.2 Å². The summed E-state index contributed by atoms with van der Waals surface area (Å²) in [5.41, 5.74) is 20.0. The molecular weight excluding hydrogens is 1180 g/mol. The first-order valence-corrected chi connectivity index (χ1v) is 31.0. The Morgan fingerprint density at radius 2 is 1.17 bits per heavy atom. The molecular formula is C67H86BrN19O2. The minimum Gasteiger partial charge on any atom is -0.445 e. The Morgan fingerprint density at radius 3 is 1.65 bits per heavy atom. The number of anilines is 4. The van der Waals surface area contributed by atoms with Gasteiger partial charge in [0, 0.05) is 150 Å². The summed E-state index contributed by atoms with van der Waals surface area (Å²) >= 11 is 3.14. The molecule has 4 aliphatic rings. The molecule has 468 valence electrons. The van der Waals surface area contributed by atoms with Gasteiger partial charge in [-0.2, -0.15) is 10.5 Å². The molecule has 1 aromatic carbocycles. The lowest BCUT2D eigenvalue weighted by Gasteiger charge is -2.41. The smallest absolute Gasteiger partial charge is 0.226 e. The van der Waals surface area contributed by atoms with Crippen molar-refractivity contribution < 1.29 is 9.21 Å². The van der Waals surface area contributed by atoms with Crippen LogP contribution in [0.3, 0.4) is 0 Å². The molecule has 0 amide bonds.